The minimum absolute atomic E-state index is 0.579. The first-order chi connectivity index (χ1) is 12.2. The predicted octanol–water partition coefficient (Wildman–Crippen LogP) is 2.70. The van der Waals surface area contributed by atoms with Gasteiger partial charge in [0.1, 0.15) is 5.52 Å². The van der Waals surface area contributed by atoms with Gasteiger partial charge in [0.15, 0.2) is 0 Å². The van der Waals surface area contributed by atoms with Gasteiger partial charge in [-0.1, -0.05) is 10.4 Å². The van der Waals surface area contributed by atoms with Crippen molar-refractivity contribution in [2.75, 3.05) is 20.6 Å². The van der Waals surface area contributed by atoms with Gasteiger partial charge < -0.3 is 9.42 Å². The van der Waals surface area contributed by atoms with Crippen LogP contribution in [0.1, 0.15) is 11.5 Å². The van der Waals surface area contributed by atoms with Gasteiger partial charge in [0.05, 0.1) is 18.5 Å². The van der Waals surface area contributed by atoms with E-state index in [2.05, 4.69) is 36.8 Å². The van der Waals surface area contributed by atoms with Crippen molar-refractivity contribution in [1.29, 1.82) is 0 Å². The Morgan fingerprint density at radius 2 is 2.16 bits per heavy atom. The molecule has 0 aliphatic heterocycles. The largest absolute Gasteiger partial charge is 0.339 e. The van der Waals surface area contributed by atoms with E-state index < -0.39 is 0 Å². The zero-order chi connectivity index (χ0) is 17.2. The maximum Gasteiger partial charge on any atom is 0.231 e. The quantitative estimate of drug-likeness (QED) is 0.530. The van der Waals surface area contributed by atoms with Crippen molar-refractivity contribution in [2.24, 2.45) is 0 Å². The molecule has 0 fully saturated rings. The summed E-state index contributed by atoms with van der Waals surface area (Å²) in [7, 11) is 4.09. The molecule has 0 unspecified atom stereocenters. The van der Waals surface area contributed by atoms with Crippen molar-refractivity contribution in [3.05, 3.63) is 46.5 Å². The SMILES string of the molecule is CN(C)CCn1nnc2cc(-c3noc(Cc4ccsc4)n3)ccc21. The molecule has 4 aromatic rings. The third kappa shape index (κ3) is 3.45. The highest BCUT2D eigenvalue weighted by atomic mass is 32.1. The molecule has 0 amide bonds. The average Bonchev–Trinajstić information content (AvgIpc) is 3.33. The van der Waals surface area contributed by atoms with E-state index in [1.165, 1.54) is 5.56 Å². The Hall–Kier alpha value is -2.58. The minimum atomic E-state index is 0.579. The number of aromatic nitrogens is 5. The number of hydrogen-bond donors (Lipinski definition) is 0. The highest BCUT2D eigenvalue weighted by molar-refractivity contribution is 7.07. The lowest BCUT2D eigenvalue weighted by Crippen LogP contribution is -2.18. The lowest BCUT2D eigenvalue weighted by Gasteiger charge is -2.09. The van der Waals surface area contributed by atoms with Gasteiger partial charge >= 0.3 is 0 Å². The van der Waals surface area contributed by atoms with Gasteiger partial charge in [-0.05, 0) is 54.7 Å². The first-order valence-electron chi connectivity index (χ1n) is 8.01. The molecule has 25 heavy (non-hydrogen) atoms. The maximum atomic E-state index is 5.37. The molecule has 0 radical (unpaired) electrons. The van der Waals surface area contributed by atoms with Crippen LogP contribution >= 0.6 is 11.3 Å². The number of rotatable bonds is 6. The smallest absolute Gasteiger partial charge is 0.231 e. The summed E-state index contributed by atoms with van der Waals surface area (Å²) in [5, 5.41) is 16.7. The number of thiophene rings is 1. The third-order valence-corrected chi connectivity index (χ3v) is 4.67. The van der Waals surface area contributed by atoms with E-state index in [1.54, 1.807) is 11.3 Å². The zero-order valence-electron chi connectivity index (χ0n) is 14.1. The van der Waals surface area contributed by atoms with E-state index in [0.717, 1.165) is 29.7 Å². The molecule has 0 saturated heterocycles. The van der Waals surface area contributed by atoms with Gasteiger partial charge in [-0.15, -0.1) is 5.10 Å². The fourth-order valence-corrected chi connectivity index (χ4v) is 3.25. The summed E-state index contributed by atoms with van der Waals surface area (Å²) in [6.07, 6.45) is 0.652. The molecule has 0 aliphatic rings. The molecule has 3 heterocycles. The normalized spacial score (nSPS) is 11.6. The van der Waals surface area contributed by atoms with E-state index in [1.807, 2.05) is 42.4 Å². The number of nitrogens with zero attached hydrogens (tertiary/aromatic N) is 6. The second-order valence-electron chi connectivity index (χ2n) is 6.14. The van der Waals surface area contributed by atoms with Gasteiger partial charge in [-0.2, -0.15) is 16.3 Å². The first-order valence-corrected chi connectivity index (χ1v) is 8.95. The average molecular weight is 354 g/mol. The number of fused-ring (bicyclic) bond motifs is 1. The third-order valence-electron chi connectivity index (χ3n) is 3.93. The predicted molar refractivity (Wildman–Crippen MR) is 96.5 cm³/mol. The summed E-state index contributed by atoms with van der Waals surface area (Å²) >= 11 is 1.66. The molecular formula is C17H18N6OS. The fourth-order valence-electron chi connectivity index (χ4n) is 2.58. The Kier molecular flexibility index (Phi) is 4.29. The number of benzene rings is 1. The molecule has 3 aromatic heterocycles. The summed E-state index contributed by atoms with van der Waals surface area (Å²) < 4.78 is 7.29. The van der Waals surface area contributed by atoms with Crippen molar-refractivity contribution < 1.29 is 4.52 Å². The molecule has 8 heteroatoms. The standard InChI is InChI=1S/C17H18N6OS/c1-22(2)6-7-23-15-4-3-13(10-14(15)19-21-23)17-18-16(24-20-17)9-12-5-8-25-11-12/h3-5,8,10-11H,6-7,9H2,1-2H3. The van der Waals surface area contributed by atoms with E-state index in [9.17, 15) is 0 Å². The molecule has 0 aliphatic carbocycles. The maximum absolute atomic E-state index is 5.37. The lowest BCUT2D eigenvalue weighted by molar-refractivity contribution is 0.374. The first kappa shape index (κ1) is 15.9. The Labute approximate surface area is 148 Å². The Balaban J connectivity index is 1.56. The van der Waals surface area contributed by atoms with Crippen LogP contribution in [0.2, 0.25) is 0 Å². The van der Waals surface area contributed by atoms with Crippen molar-refractivity contribution in [2.45, 2.75) is 13.0 Å². The Morgan fingerprint density at radius 1 is 1.24 bits per heavy atom. The van der Waals surface area contributed by atoms with E-state index in [4.69, 9.17) is 4.52 Å². The van der Waals surface area contributed by atoms with Gasteiger partial charge in [-0.3, -0.25) is 0 Å². The zero-order valence-corrected chi connectivity index (χ0v) is 14.9. The second-order valence-corrected chi connectivity index (χ2v) is 6.92. The topological polar surface area (TPSA) is 72.9 Å². The summed E-state index contributed by atoms with van der Waals surface area (Å²) in [5.74, 6) is 1.19. The molecule has 0 spiro atoms. The van der Waals surface area contributed by atoms with Crippen molar-refractivity contribution in [3.8, 4) is 11.4 Å². The molecule has 128 valence electrons. The monoisotopic (exact) mass is 354 g/mol. The van der Waals surface area contributed by atoms with Crippen LogP contribution in [0.15, 0.2) is 39.5 Å². The van der Waals surface area contributed by atoms with Crippen LogP contribution in [0.4, 0.5) is 0 Å². The molecule has 0 N–H and O–H groups in total. The molecule has 7 nitrogen and oxygen atoms in total. The fraction of sp³-hybridized carbons (Fsp3) is 0.294. The number of likely N-dealkylation sites (N-methyl/N-ethyl adjacent to an activating group) is 1. The summed E-state index contributed by atoms with van der Waals surface area (Å²) in [6.45, 7) is 1.72. The van der Waals surface area contributed by atoms with Crippen LogP contribution in [0.25, 0.3) is 22.4 Å². The molecule has 0 saturated carbocycles. The van der Waals surface area contributed by atoms with Crippen molar-refractivity contribution in [1.82, 2.24) is 30.0 Å². The highest BCUT2D eigenvalue weighted by Gasteiger charge is 2.12. The van der Waals surface area contributed by atoms with E-state index >= 15 is 0 Å². The van der Waals surface area contributed by atoms with E-state index in [-0.39, 0.29) is 0 Å². The van der Waals surface area contributed by atoms with Crippen molar-refractivity contribution >= 4 is 22.4 Å². The highest BCUT2D eigenvalue weighted by Crippen LogP contribution is 2.22. The molecule has 0 atom stereocenters. The molecule has 1 aromatic carbocycles. The Morgan fingerprint density at radius 3 is 2.96 bits per heavy atom. The van der Waals surface area contributed by atoms with Crippen molar-refractivity contribution in [3.63, 3.8) is 0 Å². The molecule has 0 bridgehead atoms. The Bertz CT molecular complexity index is 972. The van der Waals surface area contributed by atoms with Crippen LogP contribution < -0.4 is 0 Å². The van der Waals surface area contributed by atoms with Crippen LogP contribution in [-0.2, 0) is 13.0 Å². The molecule has 4 rings (SSSR count). The molecular weight excluding hydrogens is 336 g/mol. The number of hydrogen-bond acceptors (Lipinski definition) is 7. The minimum Gasteiger partial charge on any atom is -0.339 e. The second kappa shape index (κ2) is 6.73. The van der Waals surface area contributed by atoms with Gasteiger partial charge in [0.2, 0.25) is 11.7 Å². The summed E-state index contributed by atoms with van der Waals surface area (Å²) in [6, 6.07) is 8.01. The van der Waals surface area contributed by atoms with Crippen LogP contribution in [-0.4, -0.2) is 50.7 Å². The summed E-state index contributed by atoms with van der Waals surface area (Å²) in [4.78, 5) is 6.61. The summed E-state index contributed by atoms with van der Waals surface area (Å²) in [5.41, 5.74) is 3.90. The van der Waals surface area contributed by atoms with Crippen LogP contribution in [0.3, 0.4) is 0 Å². The van der Waals surface area contributed by atoms with Gasteiger partial charge in [0, 0.05) is 12.1 Å². The van der Waals surface area contributed by atoms with Crippen LogP contribution in [0, 0.1) is 0 Å². The van der Waals surface area contributed by atoms with Crippen LogP contribution in [0.5, 0.6) is 0 Å². The van der Waals surface area contributed by atoms with E-state index in [0.29, 0.717) is 18.1 Å². The van der Waals surface area contributed by atoms with Gasteiger partial charge in [-0.25, -0.2) is 4.68 Å². The van der Waals surface area contributed by atoms with Gasteiger partial charge in [0.25, 0.3) is 0 Å². The lowest BCUT2D eigenvalue weighted by atomic mass is 10.2.